The first-order chi connectivity index (χ1) is 10.7. The molecule has 0 spiro atoms. The number of hydrogen-bond donors (Lipinski definition) is 0. The van der Waals surface area contributed by atoms with Crippen molar-refractivity contribution in [3.8, 4) is 0 Å². The second-order valence-corrected chi connectivity index (χ2v) is 6.55. The quantitative estimate of drug-likeness (QED) is 0.854. The highest BCUT2D eigenvalue weighted by Gasteiger charge is 2.39. The van der Waals surface area contributed by atoms with Crippen LogP contribution >= 0.6 is 0 Å². The van der Waals surface area contributed by atoms with Gasteiger partial charge in [-0.1, -0.05) is 18.2 Å². The zero-order valence-electron chi connectivity index (χ0n) is 13.0. The number of hydrogen-bond acceptors (Lipinski definition) is 3. The zero-order valence-corrected chi connectivity index (χ0v) is 13.0. The van der Waals surface area contributed by atoms with E-state index >= 15 is 0 Å². The molecule has 4 rings (SSSR count). The van der Waals surface area contributed by atoms with Crippen LogP contribution in [0.3, 0.4) is 0 Å². The zero-order chi connectivity index (χ0) is 15.1. The van der Waals surface area contributed by atoms with Crippen molar-refractivity contribution in [2.45, 2.75) is 37.8 Å². The molecule has 2 aliphatic heterocycles. The second kappa shape index (κ2) is 5.43. The Morgan fingerprint density at radius 1 is 1.14 bits per heavy atom. The molecular formula is C18H22N2O2. The molecule has 4 nitrogen and oxygen atoms in total. The standard InChI is InChI=1S/C18H22N2O2/c1-19-10-4-7-14(19)15-8-5-11-20(15)18(21)17-12-13-6-2-3-9-16(13)22-17/h2-3,6,9,12,14-15H,4-5,7-8,10-11H2,1H3/t14-,15-/m0/s1. The lowest BCUT2D eigenvalue weighted by atomic mass is 10.0. The van der Waals surface area contributed by atoms with Gasteiger partial charge in [0.15, 0.2) is 5.76 Å². The Kier molecular flexibility index (Phi) is 3.41. The molecule has 0 aliphatic carbocycles. The second-order valence-electron chi connectivity index (χ2n) is 6.55. The van der Waals surface area contributed by atoms with Crippen molar-refractivity contribution >= 4 is 16.9 Å². The van der Waals surface area contributed by atoms with Crippen LogP contribution in [0.2, 0.25) is 0 Å². The molecule has 2 fully saturated rings. The summed E-state index contributed by atoms with van der Waals surface area (Å²) in [5.74, 6) is 0.535. The number of para-hydroxylation sites is 1. The molecular weight excluding hydrogens is 276 g/mol. The lowest BCUT2D eigenvalue weighted by Gasteiger charge is -2.32. The van der Waals surface area contributed by atoms with Crippen molar-refractivity contribution in [2.75, 3.05) is 20.1 Å². The summed E-state index contributed by atoms with van der Waals surface area (Å²) in [7, 11) is 2.18. The molecule has 2 aliphatic rings. The van der Waals surface area contributed by atoms with Gasteiger partial charge in [0.25, 0.3) is 5.91 Å². The van der Waals surface area contributed by atoms with Gasteiger partial charge in [-0.2, -0.15) is 0 Å². The van der Waals surface area contributed by atoms with Crippen molar-refractivity contribution < 1.29 is 9.21 Å². The third kappa shape index (κ3) is 2.22. The fourth-order valence-corrected chi connectivity index (χ4v) is 4.10. The largest absolute Gasteiger partial charge is 0.451 e. The predicted octanol–water partition coefficient (Wildman–Crippen LogP) is 3.13. The topological polar surface area (TPSA) is 36.7 Å². The van der Waals surface area contributed by atoms with Gasteiger partial charge in [-0.25, -0.2) is 0 Å². The molecule has 0 N–H and O–H groups in total. The average molecular weight is 298 g/mol. The lowest BCUT2D eigenvalue weighted by molar-refractivity contribution is 0.0635. The van der Waals surface area contributed by atoms with Crippen LogP contribution in [0.1, 0.15) is 36.2 Å². The average Bonchev–Trinajstić information content (AvgIpc) is 3.24. The molecule has 0 bridgehead atoms. The van der Waals surface area contributed by atoms with Gasteiger partial charge < -0.3 is 14.2 Å². The van der Waals surface area contributed by atoms with Crippen molar-refractivity contribution in [1.29, 1.82) is 0 Å². The summed E-state index contributed by atoms with van der Waals surface area (Å²) in [6.07, 6.45) is 4.65. The molecule has 4 heteroatoms. The highest BCUT2D eigenvalue weighted by Crippen LogP contribution is 2.31. The molecule has 0 unspecified atom stereocenters. The number of carbonyl (C=O) groups excluding carboxylic acids is 1. The number of furan rings is 1. The summed E-state index contributed by atoms with van der Waals surface area (Å²) in [6, 6.07) is 10.5. The van der Waals surface area contributed by atoms with E-state index in [0.717, 1.165) is 36.9 Å². The highest BCUT2D eigenvalue weighted by atomic mass is 16.3. The monoisotopic (exact) mass is 298 g/mol. The third-order valence-corrected chi connectivity index (χ3v) is 5.22. The molecule has 2 aromatic rings. The summed E-state index contributed by atoms with van der Waals surface area (Å²) >= 11 is 0. The van der Waals surface area contributed by atoms with E-state index in [1.54, 1.807) is 0 Å². The van der Waals surface area contributed by atoms with Gasteiger partial charge in [0, 0.05) is 24.0 Å². The number of likely N-dealkylation sites (tertiary alicyclic amines) is 2. The number of amides is 1. The SMILES string of the molecule is CN1CCC[C@H]1[C@@H]1CCCN1C(=O)c1cc2ccccc2o1. The maximum absolute atomic E-state index is 12.9. The Balaban J connectivity index is 1.60. The summed E-state index contributed by atoms with van der Waals surface area (Å²) in [4.78, 5) is 17.4. The van der Waals surface area contributed by atoms with E-state index in [2.05, 4.69) is 11.9 Å². The van der Waals surface area contributed by atoms with Crippen LogP contribution in [0.4, 0.5) is 0 Å². The normalized spacial score (nSPS) is 26.1. The van der Waals surface area contributed by atoms with Crippen molar-refractivity contribution in [3.05, 3.63) is 36.1 Å². The molecule has 2 saturated heterocycles. The molecule has 1 aromatic heterocycles. The maximum atomic E-state index is 12.9. The van der Waals surface area contributed by atoms with E-state index in [-0.39, 0.29) is 5.91 Å². The Bertz CT molecular complexity index is 660. The minimum atomic E-state index is 0.0546. The van der Waals surface area contributed by atoms with Gasteiger partial charge in [0.1, 0.15) is 5.58 Å². The lowest BCUT2D eigenvalue weighted by Crippen LogP contribution is -2.47. The summed E-state index contributed by atoms with van der Waals surface area (Å²) < 4.78 is 5.78. The van der Waals surface area contributed by atoms with E-state index in [1.807, 2.05) is 35.2 Å². The Morgan fingerprint density at radius 2 is 1.91 bits per heavy atom. The first-order valence-electron chi connectivity index (χ1n) is 8.24. The molecule has 22 heavy (non-hydrogen) atoms. The van der Waals surface area contributed by atoms with Crippen LogP contribution in [-0.4, -0.2) is 47.9 Å². The molecule has 2 atom stereocenters. The van der Waals surface area contributed by atoms with Gasteiger partial charge in [-0.15, -0.1) is 0 Å². The van der Waals surface area contributed by atoms with Crippen LogP contribution < -0.4 is 0 Å². The van der Waals surface area contributed by atoms with Crippen LogP contribution in [-0.2, 0) is 0 Å². The minimum absolute atomic E-state index is 0.0546. The number of benzene rings is 1. The van der Waals surface area contributed by atoms with Crippen LogP contribution in [0.15, 0.2) is 34.7 Å². The number of carbonyl (C=O) groups is 1. The van der Waals surface area contributed by atoms with E-state index in [1.165, 1.54) is 12.8 Å². The first-order valence-corrected chi connectivity index (χ1v) is 8.24. The van der Waals surface area contributed by atoms with Gasteiger partial charge in [0.05, 0.1) is 0 Å². The summed E-state index contributed by atoms with van der Waals surface area (Å²) in [5.41, 5.74) is 0.791. The smallest absolute Gasteiger partial charge is 0.289 e. The van der Waals surface area contributed by atoms with Gasteiger partial charge >= 0.3 is 0 Å². The minimum Gasteiger partial charge on any atom is -0.451 e. The number of likely N-dealkylation sites (N-methyl/N-ethyl adjacent to an activating group) is 1. The Hall–Kier alpha value is -1.81. The van der Waals surface area contributed by atoms with Gasteiger partial charge in [0.2, 0.25) is 0 Å². The molecule has 0 saturated carbocycles. The first kappa shape index (κ1) is 13.8. The van der Waals surface area contributed by atoms with E-state index < -0.39 is 0 Å². The van der Waals surface area contributed by atoms with Crippen LogP contribution in [0.5, 0.6) is 0 Å². The molecule has 116 valence electrons. The fourth-order valence-electron chi connectivity index (χ4n) is 4.10. The van der Waals surface area contributed by atoms with Gasteiger partial charge in [-0.3, -0.25) is 4.79 Å². The molecule has 1 aromatic carbocycles. The maximum Gasteiger partial charge on any atom is 0.289 e. The van der Waals surface area contributed by atoms with Crippen LogP contribution in [0.25, 0.3) is 11.0 Å². The Morgan fingerprint density at radius 3 is 2.68 bits per heavy atom. The number of rotatable bonds is 2. The van der Waals surface area contributed by atoms with Crippen molar-refractivity contribution in [3.63, 3.8) is 0 Å². The number of fused-ring (bicyclic) bond motifs is 1. The third-order valence-electron chi connectivity index (χ3n) is 5.22. The molecule has 1 amide bonds. The highest BCUT2D eigenvalue weighted by molar-refractivity contribution is 5.96. The van der Waals surface area contributed by atoms with E-state index in [0.29, 0.717) is 17.8 Å². The molecule has 0 radical (unpaired) electrons. The predicted molar refractivity (Wildman–Crippen MR) is 85.9 cm³/mol. The van der Waals surface area contributed by atoms with E-state index in [4.69, 9.17) is 4.42 Å². The summed E-state index contributed by atoms with van der Waals surface area (Å²) in [5, 5.41) is 1.000. The molecule has 3 heterocycles. The van der Waals surface area contributed by atoms with Crippen molar-refractivity contribution in [2.24, 2.45) is 0 Å². The summed E-state index contributed by atoms with van der Waals surface area (Å²) in [6.45, 7) is 2.00. The number of nitrogens with zero attached hydrogens (tertiary/aromatic N) is 2. The fraction of sp³-hybridized carbons (Fsp3) is 0.500. The van der Waals surface area contributed by atoms with E-state index in [9.17, 15) is 4.79 Å². The Labute approximate surface area is 130 Å². The van der Waals surface area contributed by atoms with Gasteiger partial charge in [-0.05, 0) is 51.4 Å². The van der Waals surface area contributed by atoms with Crippen LogP contribution in [0, 0.1) is 0 Å². The van der Waals surface area contributed by atoms with Crippen molar-refractivity contribution in [1.82, 2.24) is 9.80 Å².